The van der Waals surface area contributed by atoms with Crippen LogP contribution >= 0.6 is 0 Å². The van der Waals surface area contributed by atoms with E-state index in [4.69, 9.17) is 9.47 Å². The number of ether oxygens (including phenoxy) is 2. The fourth-order valence-corrected chi connectivity index (χ4v) is 2.28. The summed E-state index contributed by atoms with van der Waals surface area (Å²) in [5.41, 5.74) is 0.117. The molecule has 1 aliphatic rings. The fourth-order valence-electron chi connectivity index (χ4n) is 2.28. The molecule has 106 valence electrons. The van der Waals surface area contributed by atoms with Gasteiger partial charge in [-0.15, -0.1) is 0 Å². The number of hydrogen-bond acceptors (Lipinski definition) is 3. The molecule has 0 amide bonds. The van der Waals surface area contributed by atoms with Gasteiger partial charge in [-0.2, -0.15) is 0 Å². The maximum absolute atomic E-state index is 13.6. The molecule has 1 saturated heterocycles. The molecular weight excluding hydrogens is 252 g/mol. The Hall–Kier alpha value is -1.04. The van der Waals surface area contributed by atoms with Gasteiger partial charge in [-0.05, 0) is 25.1 Å². The minimum Gasteiger partial charge on any atom is -0.350 e. The summed E-state index contributed by atoms with van der Waals surface area (Å²) in [5.74, 6) is -1.01. The topological polar surface area (TPSA) is 30.5 Å². The summed E-state index contributed by atoms with van der Waals surface area (Å²) in [6, 6.07) is 3.87. The first kappa shape index (κ1) is 14.4. The Labute approximate surface area is 111 Å². The number of benzene rings is 1. The molecule has 1 N–H and O–H groups in total. The van der Waals surface area contributed by atoms with Crippen LogP contribution in [0.5, 0.6) is 0 Å². The molecule has 0 aliphatic carbocycles. The van der Waals surface area contributed by atoms with Gasteiger partial charge in [-0.1, -0.05) is 13.0 Å². The van der Waals surface area contributed by atoms with E-state index in [0.29, 0.717) is 19.6 Å². The molecule has 0 aromatic heterocycles. The van der Waals surface area contributed by atoms with Crippen LogP contribution in [0.2, 0.25) is 0 Å². The first-order valence-electron chi connectivity index (χ1n) is 6.60. The molecule has 0 bridgehead atoms. The summed E-state index contributed by atoms with van der Waals surface area (Å²) < 4.78 is 38.0. The van der Waals surface area contributed by atoms with Crippen LogP contribution in [0.25, 0.3) is 0 Å². The normalized spacial score (nSPS) is 17.8. The van der Waals surface area contributed by atoms with Crippen LogP contribution in [-0.2, 0) is 15.9 Å². The lowest BCUT2D eigenvalue weighted by Crippen LogP contribution is -2.35. The highest BCUT2D eigenvalue weighted by molar-refractivity contribution is 5.20. The van der Waals surface area contributed by atoms with E-state index in [1.165, 1.54) is 18.2 Å². The van der Waals surface area contributed by atoms with Gasteiger partial charge in [0, 0.05) is 18.0 Å². The predicted molar refractivity (Wildman–Crippen MR) is 67.8 cm³/mol. The maximum atomic E-state index is 13.6. The number of nitrogens with one attached hydrogen (secondary N) is 1. The van der Waals surface area contributed by atoms with Crippen LogP contribution in [0.3, 0.4) is 0 Å². The molecule has 2 rings (SSSR count). The van der Waals surface area contributed by atoms with E-state index in [-0.39, 0.29) is 24.3 Å². The zero-order chi connectivity index (χ0) is 13.7. The monoisotopic (exact) mass is 271 g/mol. The molecule has 0 radical (unpaired) electrons. The van der Waals surface area contributed by atoms with Gasteiger partial charge >= 0.3 is 0 Å². The SMILES string of the molecule is CCNC(Cc1c(F)cccc1F)CC1OCCO1. The second-order valence-electron chi connectivity index (χ2n) is 4.57. The van der Waals surface area contributed by atoms with E-state index in [9.17, 15) is 8.78 Å². The highest BCUT2D eigenvalue weighted by Gasteiger charge is 2.23. The lowest BCUT2D eigenvalue weighted by atomic mass is 10.0. The molecule has 5 heteroatoms. The van der Waals surface area contributed by atoms with Crippen molar-refractivity contribution >= 4 is 0 Å². The van der Waals surface area contributed by atoms with Crippen LogP contribution in [0.4, 0.5) is 8.78 Å². The fraction of sp³-hybridized carbons (Fsp3) is 0.571. The van der Waals surface area contributed by atoms with Gasteiger partial charge in [0.25, 0.3) is 0 Å². The van der Waals surface area contributed by atoms with Gasteiger partial charge in [0.2, 0.25) is 0 Å². The van der Waals surface area contributed by atoms with Crippen LogP contribution in [0.1, 0.15) is 18.9 Å². The zero-order valence-corrected chi connectivity index (χ0v) is 11.0. The molecule has 1 aliphatic heterocycles. The third-order valence-electron chi connectivity index (χ3n) is 3.17. The molecule has 1 heterocycles. The zero-order valence-electron chi connectivity index (χ0n) is 11.0. The lowest BCUT2D eigenvalue weighted by molar-refractivity contribution is -0.0526. The molecule has 1 fully saturated rings. The van der Waals surface area contributed by atoms with Crippen LogP contribution in [-0.4, -0.2) is 32.1 Å². The Bertz CT molecular complexity index is 388. The van der Waals surface area contributed by atoms with Crippen molar-refractivity contribution in [3.63, 3.8) is 0 Å². The summed E-state index contributed by atoms with van der Waals surface area (Å²) in [6.07, 6.45) is 0.593. The highest BCUT2D eigenvalue weighted by Crippen LogP contribution is 2.18. The van der Waals surface area contributed by atoms with Crippen molar-refractivity contribution in [3.8, 4) is 0 Å². The highest BCUT2D eigenvalue weighted by atomic mass is 19.1. The molecule has 1 atom stereocenters. The Morgan fingerprint density at radius 3 is 2.47 bits per heavy atom. The first-order chi connectivity index (χ1) is 9.20. The quantitative estimate of drug-likeness (QED) is 0.861. The summed E-state index contributed by atoms with van der Waals surface area (Å²) in [6.45, 7) is 3.85. The van der Waals surface area contributed by atoms with E-state index in [1.807, 2.05) is 6.92 Å². The molecule has 0 saturated carbocycles. The van der Waals surface area contributed by atoms with Crippen molar-refractivity contribution in [3.05, 3.63) is 35.4 Å². The number of hydrogen-bond donors (Lipinski definition) is 1. The minimum absolute atomic E-state index is 0.0699. The van der Waals surface area contributed by atoms with Crippen molar-refractivity contribution in [2.75, 3.05) is 19.8 Å². The van der Waals surface area contributed by atoms with Crippen LogP contribution < -0.4 is 5.32 Å². The molecular formula is C14H19F2NO2. The van der Waals surface area contributed by atoms with Crippen molar-refractivity contribution in [1.29, 1.82) is 0 Å². The summed E-state index contributed by atoms with van der Waals surface area (Å²) in [5, 5.41) is 3.22. The maximum Gasteiger partial charge on any atom is 0.159 e. The van der Waals surface area contributed by atoms with Gasteiger partial charge < -0.3 is 14.8 Å². The van der Waals surface area contributed by atoms with E-state index in [0.717, 1.165) is 6.54 Å². The van der Waals surface area contributed by atoms with Crippen molar-refractivity contribution < 1.29 is 18.3 Å². The Morgan fingerprint density at radius 1 is 1.26 bits per heavy atom. The second kappa shape index (κ2) is 6.93. The lowest BCUT2D eigenvalue weighted by Gasteiger charge is -2.21. The van der Waals surface area contributed by atoms with Crippen molar-refractivity contribution in [1.82, 2.24) is 5.32 Å². The summed E-state index contributed by atoms with van der Waals surface area (Å²) in [7, 11) is 0. The summed E-state index contributed by atoms with van der Waals surface area (Å²) >= 11 is 0. The van der Waals surface area contributed by atoms with Crippen molar-refractivity contribution in [2.45, 2.75) is 32.1 Å². The smallest absolute Gasteiger partial charge is 0.159 e. The molecule has 1 aromatic rings. The molecule has 1 aromatic carbocycles. The third-order valence-corrected chi connectivity index (χ3v) is 3.17. The first-order valence-corrected chi connectivity index (χ1v) is 6.60. The molecule has 1 unspecified atom stereocenters. The largest absolute Gasteiger partial charge is 0.350 e. The van der Waals surface area contributed by atoms with E-state index >= 15 is 0 Å². The number of halogens is 2. The Morgan fingerprint density at radius 2 is 1.89 bits per heavy atom. The van der Waals surface area contributed by atoms with Gasteiger partial charge in [0.15, 0.2) is 6.29 Å². The minimum atomic E-state index is -0.504. The van der Waals surface area contributed by atoms with E-state index in [2.05, 4.69) is 5.32 Å². The number of rotatable bonds is 6. The van der Waals surface area contributed by atoms with E-state index < -0.39 is 11.6 Å². The third kappa shape index (κ3) is 3.96. The van der Waals surface area contributed by atoms with Gasteiger partial charge in [0.1, 0.15) is 11.6 Å². The molecule has 3 nitrogen and oxygen atoms in total. The van der Waals surface area contributed by atoms with Gasteiger partial charge in [0.05, 0.1) is 13.2 Å². The van der Waals surface area contributed by atoms with Crippen LogP contribution in [0.15, 0.2) is 18.2 Å². The van der Waals surface area contributed by atoms with Crippen LogP contribution in [0, 0.1) is 11.6 Å². The average Bonchev–Trinajstić information content (AvgIpc) is 2.87. The average molecular weight is 271 g/mol. The second-order valence-corrected chi connectivity index (χ2v) is 4.57. The summed E-state index contributed by atoms with van der Waals surface area (Å²) in [4.78, 5) is 0. The standard InChI is InChI=1S/C14H19F2NO2/c1-2-17-10(9-14-18-6-7-19-14)8-11-12(15)4-3-5-13(11)16/h3-5,10,14,17H,2,6-9H2,1H3. The molecule has 19 heavy (non-hydrogen) atoms. The van der Waals surface area contributed by atoms with Crippen molar-refractivity contribution in [2.24, 2.45) is 0 Å². The van der Waals surface area contributed by atoms with Gasteiger partial charge in [-0.3, -0.25) is 0 Å². The number of likely N-dealkylation sites (N-methyl/N-ethyl adjacent to an activating group) is 1. The van der Waals surface area contributed by atoms with E-state index in [1.54, 1.807) is 0 Å². The molecule has 0 spiro atoms. The predicted octanol–water partition coefficient (Wildman–Crippen LogP) is 2.25. The van der Waals surface area contributed by atoms with Gasteiger partial charge in [-0.25, -0.2) is 8.78 Å². The Kier molecular flexibility index (Phi) is 5.24. The Balaban J connectivity index is 2.02.